The molecule has 1 amide bonds. The van der Waals surface area contributed by atoms with Gasteiger partial charge in [0, 0.05) is 13.1 Å². The van der Waals surface area contributed by atoms with Crippen LogP contribution in [0.15, 0.2) is 24.3 Å². The van der Waals surface area contributed by atoms with Crippen molar-refractivity contribution in [3.8, 4) is 0 Å². The lowest BCUT2D eigenvalue weighted by Crippen LogP contribution is -2.43. The van der Waals surface area contributed by atoms with E-state index in [1.807, 2.05) is 0 Å². The summed E-state index contributed by atoms with van der Waals surface area (Å²) in [6.45, 7) is 0.704. The second kappa shape index (κ2) is 6.05. The van der Waals surface area contributed by atoms with Crippen molar-refractivity contribution in [2.45, 2.75) is 32.2 Å². The molecule has 0 aliphatic heterocycles. The first-order chi connectivity index (χ1) is 9.57. The molecule has 0 spiro atoms. The fourth-order valence-electron chi connectivity index (χ4n) is 2.76. The highest BCUT2D eigenvalue weighted by Gasteiger charge is 2.39. The van der Waals surface area contributed by atoms with Crippen LogP contribution in [0.3, 0.4) is 0 Å². The largest absolute Gasteiger partial charge is 0.478 e. The van der Waals surface area contributed by atoms with Crippen molar-refractivity contribution >= 4 is 11.9 Å². The lowest BCUT2D eigenvalue weighted by Gasteiger charge is -2.25. The first kappa shape index (κ1) is 14.5. The van der Waals surface area contributed by atoms with E-state index in [1.165, 1.54) is 6.07 Å². The number of rotatable bonds is 5. The molecule has 0 saturated heterocycles. The van der Waals surface area contributed by atoms with E-state index < -0.39 is 11.4 Å². The van der Waals surface area contributed by atoms with Crippen LogP contribution in [0, 0.1) is 5.41 Å². The monoisotopic (exact) mass is 276 g/mol. The Morgan fingerprint density at radius 2 is 2.00 bits per heavy atom. The van der Waals surface area contributed by atoms with Gasteiger partial charge in [-0.2, -0.15) is 0 Å². The van der Waals surface area contributed by atoms with Crippen LogP contribution in [0.1, 0.15) is 41.6 Å². The summed E-state index contributed by atoms with van der Waals surface area (Å²) in [4.78, 5) is 23.2. The number of aromatic carboxylic acids is 1. The van der Waals surface area contributed by atoms with E-state index >= 15 is 0 Å². The first-order valence-electron chi connectivity index (χ1n) is 6.88. The third-order valence-electron chi connectivity index (χ3n) is 4.06. The van der Waals surface area contributed by atoms with Crippen LogP contribution in [-0.4, -0.2) is 23.5 Å². The second-order valence-electron chi connectivity index (χ2n) is 5.38. The van der Waals surface area contributed by atoms with Crippen molar-refractivity contribution < 1.29 is 14.7 Å². The van der Waals surface area contributed by atoms with Crippen LogP contribution >= 0.6 is 0 Å². The van der Waals surface area contributed by atoms with E-state index in [0.717, 1.165) is 31.2 Å². The number of carbonyl (C=O) groups excluding carboxylic acids is 1. The van der Waals surface area contributed by atoms with Crippen molar-refractivity contribution in [1.82, 2.24) is 5.32 Å². The van der Waals surface area contributed by atoms with Gasteiger partial charge in [0.15, 0.2) is 0 Å². The van der Waals surface area contributed by atoms with Gasteiger partial charge in [-0.3, -0.25) is 4.79 Å². The molecule has 108 valence electrons. The van der Waals surface area contributed by atoms with Crippen LogP contribution in [0.4, 0.5) is 0 Å². The van der Waals surface area contributed by atoms with Crippen molar-refractivity contribution in [3.05, 3.63) is 35.4 Å². The third kappa shape index (κ3) is 2.99. The number of benzene rings is 1. The van der Waals surface area contributed by atoms with E-state index in [4.69, 9.17) is 10.8 Å². The average Bonchev–Trinajstić information content (AvgIpc) is 2.95. The zero-order chi connectivity index (χ0) is 14.6. The van der Waals surface area contributed by atoms with Crippen molar-refractivity contribution in [3.63, 3.8) is 0 Å². The number of hydrogen-bond donors (Lipinski definition) is 3. The Morgan fingerprint density at radius 3 is 2.60 bits per heavy atom. The van der Waals surface area contributed by atoms with Crippen LogP contribution in [0.5, 0.6) is 0 Å². The maximum absolute atomic E-state index is 12.3. The number of hydrogen-bond acceptors (Lipinski definition) is 3. The lowest BCUT2D eigenvalue weighted by molar-refractivity contribution is -0.130. The summed E-state index contributed by atoms with van der Waals surface area (Å²) in [7, 11) is 0. The smallest absolute Gasteiger partial charge is 0.335 e. The quantitative estimate of drug-likeness (QED) is 0.760. The Balaban J connectivity index is 1.99. The van der Waals surface area contributed by atoms with E-state index in [-0.39, 0.29) is 11.5 Å². The minimum absolute atomic E-state index is 0.0155. The molecule has 0 heterocycles. The second-order valence-corrected chi connectivity index (χ2v) is 5.38. The summed E-state index contributed by atoms with van der Waals surface area (Å²) < 4.78 is 0. The molecule has 1 aromatic rings. The third-order valence-corrected chi connectivity index (χ3v) is 4.06. The van der Waals surface area contributed by atoms with Gasteiger partial charge < -0.3 is 16.2 Å². The van der Waals surface area contributed by atoms with Gasteiger partial charge in [-0.25, -0.2) is 4.79 Å². The molecule has 5 heteroatoms. The van der Waals surface area contributed by atoms with E-state index in [1.54, 1.807) is 18.2 Å². The summed E-state index contributed by atoms with van der Waals surface area (Å²) >= 11 is 0. The topological polar surface area (TPSA) is 92.4 Å². The predicted octanol–water partition coefficient (Wildman–Crippen LogP) is 1.52. The van der Waals surface area contributed by atoms with Crippen molar-refractivity contribution in [1.29, 1.82) is 0 Å². The van der Waals surface area contributed by atoms with E-state index in [0.29, 0.717) is 13.1 Å². The number of amides is 1. The zero-order valence-electron chi connectivity index (χ0n) is 11.4. The Morgan fingerprint density at radius 1 is 1.30 bits per heavy atom. The molecular formula is C15H20N2O3. The Hall–Kier alpha value is -1.88. The molecule has 0 unspecified atom stereocenters. The standard InChI is InChI=1S/C15H20N2O3/c16-10-15(6-1-2-7-15)14(20)17-9-11-4-3-5-12(8-11)13(18)19/h3-5,8H,1-2,6-7,9-10,16H2,(H,17,20)(H,18,19). The molecule has 4 N–H and O–H groups in total. The predicted molar refractivity (Wildman–Crippen MR) is 75.2 cm³/mol. The van der Waals surface area contributed by atoms with Gasteiger partial charge in [0.05, 0.1) is 11.0 Å². The molecular weight excluding hydrogens is 256 g/mol. The number of carboxylic acid groups (broad SMARTS) is 1. The molecule has 0 aromatic heterocycles. The fourth-order valence-corrected chi connectivity index (χ4v) is 2.76. The van der Waals surface area contributed by atoms with Crippen molar-refractivity contribution in [2.75, 3.05) is 6.54 Å². The minimum Gasteiger partial charge on any atom is -0.478 e. The minimum atomic E-state index is -0.965. The summed E-state index contributed by atoms with van der Waals surface area (Å²) in [5.41, 5.74) is 6.35. The zero-order valence-corrected chi connectivity index (χ0v) is 11.4. The molecule has 5 nitrogen and oxygen atoms in total. The fraction of sp³-hybridized carbons (Fsp3) is 0.467. The molecule has 0 radical (unpaired) electrons. The maximum Gasteiger partial charge on any atom is 0.335 e. The summed E-state index contributed by atoms with van der Waals surface area (Å²) in [5, 5.41) is 11.8. The van der Waals surface area contributed by atoms with Gasteiger partial charge in [0.25, 0.3) is 0 Å². The van der Waals surface area contributed by atoms with Gasteiger partial charge >= 0.3 is 5.97 Å². The molecule has 0 atom stereocenters. The number of nitrogens with two attached hydrogens (primary N) is 1. The highest BCUT2D eigenvalue weighted by atomic mass is 16.4. The van der Waals surface area contributed by atoms with Crippen LogP contribution in [0.2, 0.25) is 0 Å². The van der Waals surface area contributed by atoms with Gasteiger partial charge in [-0.05, 0) is 30.5 Å². The normalized spacial score (nSPS) is 16.9. The molecule has 1 aromatic carbocycles. The molecule has 1 aliphatic rings. The average molecular weight is 276 g/mol. The molecule has 1 saturated carbocycles. The first-order valence-corrected chi connectivity index (χ1v) is 6.88. The number of carbonyl (C=O) groups is 2. The maximum atomic E-state index is 12.3. The molecule has 20 heavy (non-hydrogen) atoms. The van der Waals surface area contributed by atoms with Gasteiger partial charge in [0.2, 0.25) is 5.91 Å². The Labute approximate surface area is 118 Å². The van der Waals surface area contributed by atoms with Gasteiger partial charge in [-0.15, -0.1) is 0 Å². The summed E-state index contributed by atoms with van der Waals surface area (Å²) in [5.74, 6) is -0.981. The van der Waals surface area contributed by atoms with Crippen molar-refractivity contribution in [2.24, 2.45) is 11.1 Å². The Bertz CT molecular complexity index is 508. The lowest BCUT2D eigenvalue weighted by atomic mass is 9.85. The Kier molecular flexibility index (Phi) is 4.39. The highest BCUT2D eigenvalue weighted by molar-refractivity contribution is 5.87. The van der Waals surface area contributed by atoms with Gasteiger partial charge in [0.1, 0.15) is 0 Å². The number of carboxylic acids is 1. The van der Waals surface area contributed by atoms with Gasteiger partial charge in [-0.1, -0.05) is 25.0 Å². The molecule has 1 fully saturated rings. The highest BCUT2D eigenvalue weighted by Crippen LogP contribution is 2.37. The van der Waals surface area contributed by atoms with Crippen LogP contribution in [0.25, 0.3) is 0 Å². The van der Waals surface area contributed by atoms with E-state index in [2.05, 4.69) is 5.32 Å². The van der Waals surface area contributed by atoms with Crippen LogP contribution < -0.4 is 11.1 Å². The van der Waals surface area contributed by atoms with Crippen LogP contribution in [-0.2, 0) is 11.3 Å². The molecule has 1 aliphatic carbocycles. The molecule has 2 rings (SSSR count). The number of nitrogens with one attached hydrogen (secondary N) is 1. The molecule has 0 bridgehead atoms. The SMILES string of the molecule is NCC1(C(=O)NCc2cccc(C(=O)O)c2)CCCC1. The van der Waals surface area contributed by atoms with E-state index in [9.17, 15) is 9.59 Å². The summed E-state index contributed by atoms with van der Waals surface area (Å²) in [6, 6.07) is 6.59. The summed E-state index contributed by atoms with van der Waals surface area (Å²) in [6.07, 6.45) is 3.76.